The highest BCUT2D eigenvalue weighted by Crippen LogP contribution is 2.23. The van der Waals surface area contributed by atoms with E-state index in [0.717, 1.165) is 0 Å². The number of nitrogens with zero attached hydrogens (tertiary/aromatic N) is 2. The molecule has 0 saturated heterocycles. The molecule has 2 aromatic carbocycles. The van der Waals surface area contributed by atoms with Gasteiger partial charge in [0.25, 0.3) is 5.56 Å². The number of aryl methyl sites for hydroxylation is 1. The van der Waals surface area contributed by atoms with Crippen LogP contribution in [0.15, 0.2) is 59.4 Å². The molecule has 0 saturated carbocycles. The molecule has 5 nitrogen and oxygen atoms in total. The van der Waals surface area contributed by atoms with E-state index in [4.69, 9.17) is 16.7 Å². The number of carboxylic acids is 1. The third kappa shape index (κ3) is 6.18. The van der Waals surface area contributed by atoms with E-state index >= 15 is 0 Å². The van der Waals surface area contributed by atoms with Crippen LogP contribution in [0.4, 0.5) is 13.2 Å². The Kier molecular flexibility index (Phi) is 6.80. The minimum Gasteiger partial charge on any atom is -0.478 e. The highest BCUT2D eigenvalue weighted by Gasteiger charge is 2.26. The zero-order valence-electron chi connectivity index (χ0n) is 16.2. The zero-order chi connectivity index (χ0) is 22.6. The van der Waals surface area contributed by atoms with Crippen molar-refractivity contribution >= 4 is 17.6 Å². The van der Waals surface area contributed by atoms with Crippen LogP contribution in [0.25, 0.3) is 11.3 Å². The first kappa shape index (κ1) is 22.6. The summed E-state index contributed by atoms with van der Waals surface area (Å²) in [5.41, 5.74) is 1.08. The van der Waals surface area contributed by atoms with Gasteiger partial charge in [-0.25, -0.2) is 9.78 Å². The van der Waals surface area contributed by atoms with Gasteiger partial charge in [0.05, 0.1) is 17.8 Å². The molecule has 0 spiro atoms. The molecule has 3 rings (SSSR count). The van der Waals surface area contributed by atoms with E-state index in [1.165, 1.54) is 22.8 Å². The lowest BCUT2D eigenvalue weighted by atomic mass is 10.1. The number of carboxylic acid groups (broad SMARTS) is 1. The Morgan fingerprint density at radius 1 is 1.10 bits per heavy atom. The van der Waals surface area contributed by atoms with E-state index < -0.39 is 24.1 Å². The molecular weight excluding hydrogens is 433 g/mol. The van der Waals surface area contributed by atoms with Gasteiger partial charge in [0.1, 0.15) is 5.82 Å². The first-order valence-electron chi connectivity index (χ1n) is 9.38. The Bertz CT molecular complexity index is 1140. The summed E-state index contributed by atoms with van der Waals surface area (Å²) in [7, 11) is 0. The van der Waals surface area contributed by atoms with Crippen molar-refractivity contribution in [3.8, 4) is 11.3 Å². The third-order valence-corrected chi connectivity index (χ3v) is 4.85. The molecule has 0 radical (unpaired) electrons. The van der Waals surface area contributed by atoms with Gasteiger partial charge in [0, 0.05) is 29.5 Å². The maximum Gasteiger partial charge on any atom is 0.389 e. The van der Waals surface area contributed by atoms with E-state index in [9.17, 15) is 22.8 Å². The van der Waals surface area contributed by atoms with E-state index in [-0.39, 0.29) is 30.8 Å². The van der Waals surface area contributed by atoms with Crippen LogP contribution >= 0.6 is 11.6 Å². The van der Waals surface area contributed by atoms with Crippen molar-refractivity contribution in [2.24, 2.45) is 0 Å². The van der Waals surface area contributed by atoms with Crippen molar-refractivity contribution < 1.29 is 23.1 Å². The molecule has 9 heteroatoms. The predicted octanol–water partition coefficient (Wildman–Crippen LogP) is 5.20. The van der Waals surface area contributed by atoms with Gasteiger partial charge in [0.2, 0.25) is 0 Å². The van der Waals surface area contributed by atoms with Crippen LogP contribution in [0.1, 0.15) is 34.6 Å². The average Bonchev–Trinajstić information content (AvgIpc) is 2.70. The van der Waals surface area contributed by atoms with E-state index in [1.807, 2.05) is 0 Å². The molecule has 0 aliphatic carbocycles. The molecule has 0 fully saturated rings. The largest absolute Gasteiger partial charge is 0.478 e. The van der Waals surface area contributed by atoms with Crippen molar-refractivity contribution in [3.63, 3.8) is 0 Å². The number of aromatic carboxylic acids is 1. The molecule has 0 amide bonds. The van der Waals surface area contributed by atoms with E-state index in [1.54, 1.807) is 36.4 Å². The quantitative estimate of drug-likeness (QED) is 0.537. The van der Waals surface area contributed by atoms with Gasteiger partial charge in [-0.15, -0.1) is 0 Å². The van der Waals surface area contributed by atoms with Crippen molar-refractivity contribution in [3.05, 3.63) is 86.9 Å². The van der Waals surface area contributed by atoms with Crippen LogP contribution in [0.5, 0.6) is 0 Å². The Hall–Kier alpha value is -3.13. The van der Waals surface area contributed by atoms with Crippen LogP contribution in [-0.2, 0) is 13.0 Å². The molecule has 0 bridgehead atoms. The van der Waals surface area contributed by atoms with Crippen molar-refractivity contribution in [2.45, 2.75) is 32.0 Å². The minimum atomic E-state index is -4.31. The van der Waals surface area contributed by atoms with Crippen LogP contribution in [0, 0.1) is 0 Å². The van der Waals surface area contributed by atoms with Gasteiger partial charge < -0.3 is 5.11 Å². The number of carbonyl (C=O) groups is 1. The van der Waals surface area contributed by atoms with Crippen LogP contribution in [0.2, 0.25) is 5.02 Å². The topological polar surface area (TPSA) is 72.2 Å². The number of halogens is 4. The van der Waals surface area contributed by atoms with Crippen molar-refractivity contribution in [1.82, 2.24) is 9.55 Å². The third-order valence-electron chi connectivity index (χ3n) is 4.60. The number of alkyl halides is 3. The van der Waals surface area contributed by atoms with Gasteiger partial charge in [-0.2, -0.15) is 13.2 Å². The number of aromatic nitrogens is 2. The maximum absolute atomic E-state index is 12.8. The number of rotatable bonds is 7. The smallest absolute Gasteiger partial charge is 0.389 e. The summed E-state index contributed by atoms with van der Waals surface area (Å²) in [6, 6.07) is 13.9. The summed E-state index contributed by atoms with van der Waals surface area (Å²) in [6.07, 6.45) is -5.60. The lowest BCUT2D eigenvalue weighted by molar-refractivity contribution is -0.135. The van der Waals surface area contributed by atoms with Crippen LogP contribution in [-0.4, -0.2) is 26.8 Å². The SMILES string of the molecule is O=C(O)c1cccc(Cn2c(CCCC(F)(F)F)nc(-c3ccc(Cl)cc3)cc2=O)c1. The molecule has 0 unspecified atom stereocenters. The molecule has 3 aromatic rings. The molecule has 1 N–H and O–H groups in total. The first-order valence-corrected chi connectivity index (χ1v) is 9.76. The lowest BCUT2D eigenvalue weighted by Crippen LogP contribution is -2.26. The number of hydrogen-bond donors (Lipinski definition) is 1. The van der Waals surface area contributed by atoms with E-state index in [0.29, 0.717) is 21.8 Å². The maximum atomic E-state index is 12.8. The van der Waals surface area contributed by atoms with Gasteiger partial charge in [-0.05, 0) is 36.2 Å². The molecule has 1 heterocycles. The van der Waals surface area contributed by atoms with Crippen molar-refractivity contribution in [2.75, 3.05) is 0 Å². The standard InChI is InChI=1S/C22H18ClF3N2O3/c23-17-8-6-15(7-9-17)18-12-20(29)28(19(27-18)5-2-10-22(24,25)26)13-14-3-1-4-16(11-14)21(30)31/h1,3-4,6-9,11-12H,2,5,10,13H2,(H,30,31). The molecule has 0 atom stereocenters. The van der Waals surface area contributed by atoms with Crippen LogP contribution in [0.3, 0.4) is 0 Å². The number of hydrogen-bond acceptors (Lipinski definition) is 3. The molecule has 0 aliphatic rings. The molecule has 162 valence electrons. The summed E-state index contributed by atoms with van der Waals surface area (Å²) in [5, 5.41) is 9.66. The monoisotopic (exact) mass is 450 g/mol. The Labute approximate surface area is 180 Å². The highest BCUT2D eigenvalue weighted by molar-refractivity contribution is 6.30. The second kappa shape index (κ2) is 9.34. The van der Waals surface area contributed by atoms with Gasteiger partial charge in [-0.3, -0.25) is 9.36 Å². The first-order chi connectivity index (χ1) is 14.6. The molecule has 1 aromatic heterocycles. The average molecular weight is 451 g/mol. The van der Waals surface area contributed by atoms with Gasteiger partial charge >= 0.3 is 12.1 Å². The minimum absolute atomic E-state index is 0.00476. The molecule has 31 heavy (non-hydrogen) atoms. The summed E-state index contributed by atoms with van der Waals surface area (Å²) in [4.78, 5) is 28.5. The summed E-state index contributed by atoms with van der Waals surface area (Å²) in [6.45, 7) is -0.00476. The fraction of sp³-hybridized carbons (Fsp3) is 0.227. The van der Waals surface area contributed by atoms with Crippen molar-refractivity contribution in [1.29, 1.82) is 0 Å². The summed E-state index contributed by atoms with van der Waals surface area (Å²) >= 11 is 5.89. The van der Waals surface area contributed by atoms with E-state index in [2.05, 4.69) is 4.98 Å². The Morgan fingerprint density at radius 3 is 2.45 bits per heavy atom. The molecular formula is C22H18ClF3N2O3. The Balaban J connectivity index is 1.99. The van der Waals surface area contributed by atoms with Gasteiger partial charge in [-0.1, -0.05) is 35.9 Å². The normalized spacial score (nSPS) is 11.5. The van der Waals surface area contributed by atoms with Crippen LogP contribution < -0.4 is 5.56 Å². The fourth-order valence-corrected chi connectivity index (χ4v) is 3.24. The number of benzene rings is 2. The second-order valence-corrected chi connectivity index (χ2v) is 7.40. The Morgan fingerprint density at radius 2 is 1.81 bits per heavy atom. The lowest BCUT2D eigenvalue weighted by Gasteiger charge is -2.15. The summed E-state index contributed by atoms with van der Waals surface area (Å²) < 4.78 is 39.2. The predicted molar refractivity (Wildman–Crippen MR) is 110 cm³/mol. The zero-order valence-corrected chi connectivity index (χ0v) is 17.0. The second-order valence-electron chi connectivity index (χ2n) is 6.96. The fourth-order valence-electron chi connectivity index (χ4n) is 3.11. The summed E-state index contributed by atoms with van der Waals surface area (Å²) in [5.74, 6) is -0.918. The molecule has 0 aliphatic heterocycles. The highest BCUT2D eigenvalue weighted by atomic mass is 35.5. The van der Waals surface area contributed by atoms with Gasteiger partial charge in [0.15, 0.2) is 0 Å².